The second-order valence-electron chi connectivity index (χ2n) is 14.6. The molecule has 5 heteroatoms. The van der Waals surface area contributed by atoms with Crippen LogP contribution in [-0.2, 0) is 0 Å². The van der Waals surface area contributed by atoms with Gasteiger partial charge in [-0.05, 0) is 51.6 Å². The monoisotopic (exact) mass is 754 g/mol. The third kappa shape index (κ3) is 6.41. The highest BCUT2D eigenvalue weighted by Crippen LogP contribution is 2.40. The van der Waals surface area contributed by atoms with E-state index in [1.807, 2.05) is 42.5 Å². The molecule has 276 valence electrons. The van der Waals surface area contributed by atoms with E-state index in [4.69, 9.17) is 24.4 Å². The molecule has 0 aliphatic rings. The van der Waals surface area contributed by atoms with E-state index < -0.39 is 0 Å². The van der Waals surface area contributed by atoms with Crippen LogP contribution in [0.25, 0.3) is 112 Å². The van der Waals surface area contributed by atoms with E-state index in [0.717, 1.165) is 94.2 Å². The van der Waals surface area contributed by atoms with Gasteiger partial charge in [0.25, 0.3) is 0 Å². The normalized spacial score (nSPS) is 11.4. The maximum absolute atomic E-state index is 6.48. The van der Waals surface area contributed by atoms with E-state index in [0.29, 0.717) is 17.5 Å². The molecular formula is C54H34N4O. The molecule has 0 spiro atoms. The first-order valence-corrected chi connectivity index (χ1v) is 19.7. The van der Waals surface area contributed by atoms with Gasteiger partial charge in [0.15, 0.2) is 23.1 Å². The molecule has 0 unspecified atom stereocenters. The molecule has 0 radical (unpaired) electrons. The first-order valence-electron chi connectivity index (χ1n) is 19.7. The van der Waals surface area contributed by atoms with Gasteiger partial charge in [-0.25, -0.2) is 19.9 Å². The highest BCUT2D eigenvalue weighted by Gasteiger charge is 2.19. The van der Waals surface area contributed by atoms with Crippen LogP contribution in [0, 0.1) is 0 Å². The van der Waals surface area contributed by atoms with Crippen molar-refractivity contribution >= 4 is 32.8 Å². The number of fused-ring (bicyclic) bond motifs is 5. The summed E-state index contributed by atoms with van der Waals surface area (Å²) in [6, 6.07) is 71.0. The fourth-order valence-electron chi connectivity index (χ4n) is 7.94. The van der Waals surface area contributed by atoms with Crippen molar-refractivity contribution in [3.8, 4) is 78.8 Å². The molecule has 0 saturated carbocycles. The number of benzene rings is 8. The minimum atomic E-state index is 0.600. The van der Waals surface area contributed by atoms with Crippen molar-refractivity contribution in [2.24, 2.45) is 0 Å². The van der Waals surface area contributed by atoms with Gasteiger partial charge in [0.2, 0.25) is 0 Å². The Balaban J connectivity index is 1.02. The van der Waals surface area contributed by atoms with Gasteiger partial charge in [0.1, 0.15) is 11.3 Å². The summed E-state index contributed by atoms with van der Waals surface area (Å²) < 4.78 is 6.48. The largest absolute Gasteiger partial charge is 0.454 e. The van der Waals surface area contributed by atoms with Gasteiger partial charge in [0, 0.05) is 38.4 Å². The van der Waals surface area contributed by atoms with E-state index in [-0.39, 0.29) is 0 Å². The van der Waals surface area contributed by atoms with Gasteiger partial charge in [-0.2, -0.15) is 0 Å². The molecule has 0 atom stereocenters. The smallest absolute Gasteiger partial charge is 0.164 e. The van der Waals surface area contributed by atoms with Crippen LogP contribution >= 0.6 is 0 Å². The topological polar surface area (TPSA) is 64.7 Å². The Hall–Kier alpha value is -8.02. The van der Waals surface area contributed by atoms with E-state index >= 15 is 0 Å². The Labute approximate surface area is 341 Å². The van der Waals surface area contributed by atoms with Crippen molar-refractivity contribution < 1.29 is 4.42 Å². The highest BCUT2D eigenvalue weighted by atomic mass is 16.3. The fraction of sp³-hybridized carbons (Fsp3) is 0. The lowest BCUT2D eigenvalue weighted by atomic mass is 9.98. The Morgan fingerprint density at radius 3 is 1.34 bits per heavy atom. The van der Waals surface area contributed by atoms with Crippen LogP contribution in [0.4, 0.5) is 0 Å². The number of hydrogen-bond acceptors (Lipinski definition) is 5. The van der Waals surface area contributed by atoms with E-state index in [2.05, 4.69) is 164 Å². The minimum absolute atomic E-state index is 0.600. The molecule has 0 bridgehead atoms. The maximum atomic E-state index is 6.48. The van der Waals surface area contributed by atoms with Crippen molar-refractivity contribution in [1.82, 2.24) is 19.9 Å². The number of aromatic nitrogens is 4. The zero-order valence-electron chi connectivity index (χ0n) is 31.8. The second kappa shape index (κ2) is 14.5. The summed E-state index contributed by atoms with van der Waals surface area (Å²) in [4.78, 5) is 20.5. The molecule has 0 aliphatic carbocycles. The van der Waals surface area contributed by atoms with Crippen LogP contribution in [0.15, 0.2) is 211 Å². The average Bonchev–Trinajstić information content (AvgIpc) is 3.72. The van der Waals surface area contributed by atoms with Crippen molar-refractivity contribution in [3.63, 3.8) is 0 Å². The highest BCUT2D eigenvalue weighted by molar-refractivity contribution is 6.21. The van der Waals surface area contributed by atoms with Crippen LogP contribution < -0.4 is 0 Å². The second-order valence-corrected chi connectivity index (χ2v) is 14.6. The number of rotatable bonds is 7. The number of para-hydroxylation sites is 1. The van der Waals surface area contributed by atoms with E-state index in [9.17, 15) is 0 Å². The third-order valence-corrected chi connectivity index (χ3v) is 10.9. The van der Waals surface area contributed by atoms with Gasteiger partial charge in [-0.1, -0.05) is 188 Å². The Morgan fingerprint density at radius 1 is 0.288 bits per heavy atom. The van der Waals surface area contributed by atoms with Crippen molar-refractivity contribution in [3.05, 3.63) is 206 Å². The fourth-order valence-corrected chi connectivity index (χ4v) is 7.94. The Morgan fingerprint density at radius 2 is 0.729 bits per heavy atom. The molecule has 0 saturated heterocycles. The first-order chi connectivity index (χ1) is 29.2. The number of pyridine rings is 1. The van der Waals surface area contributed by atoms with Crippen molar-refractivity contribution in [2.75, 3.05) is 0 Å². The number of furan rings is 1. The molecule has 0 amide bonds. The standard InChI is InChI=1S/C54H34N4O/c1-4-13-35(14-5-1)37-23-27-40(28-24-37)52-56-53(41-29-25-38(26-30-41)36-15-6-2-7-16-36)58-54(57-52)44-20-12-19-42(33-44)43-31-32-45-47(34-43)55-50(39-17-8-3-9-18-39)51-49(45)46-21-10-11-22-48(46)59-51/h1-34H. The van der Waals surface area contributed by atoms with Crippen LogP contribution in [0.5, 0.6) is 0 Å². The van der Waals surface area contributed by atoms with Gasteiger partial charge in [0.05, 0.1) is 5.52 Å². The Bertz CT molecular complexity index is 3190. The summed E-state index contributed by atoms with van der Waals surface area (Å²) >= 11 is 0. The first kappa shape index (κ1) is 34.2. The van der Waals surface area contributed by atoms with Gasteiger partial charge in [-0.3, -0.25) is 0 Å². The lowest BCUT2D eigenvalue weighted by molar-refractivity contribution is 0.669. The van der Waals surface area contributed by atoms with Crippen LogP contribution in [0.1, 0.15) is 0 Å². The number of hydrogen-bond donors (Lipinski definition) is 0. The van der Waals surface area contributed by atoms with Crippen molar-refractivity contribution in [2.45, 2.75) is 0 Å². The van der Waals surface area contributed by atoms with E-state index in [1.165, 1.54) is 0 Å². The summed E-state index contributed by atoms with van der Waals surface area (Å²) in [6.45, 7) is 0. The predicted octanol–water partition coefficient (Wildman–Crippen LogP) is 14.0. The summed E-state index contributed by atoms with van der Waals surface area (Å²) in [7, 11) is 0. The lowest BCUT2D eigenvalue weighted by Crippen LogP contribution is -2.00. The van der Waals surface area contributed by atoms with Gasteiger partial charge < -0.3 is 4.42 Å². The molecule has 59 heavy (non-hydrogen) atoms. The molecular weight excluding hydrogens is 721 g/mol. The quantitative estimate of drug-likeness (QED) is 0.162. The molecule has 0 fully saturated rings. The molecule has 3 aromatic heterocycles. The Kier molecular flexibility index (Phi) is 8.41. The molecule has 8 aromatic carbocycles. The average molecular weight is 755 g/mol. The summed E-state index contributed by atoms with van der Waals surface area (Å²) in [5.41, 5.74) is 13.8. The molecule has 0 aliphatic heterocycles. The van der Waals surface area contributed by atoms with Crippen molar-refractivity contribution in [1.29, 1.82) is 0 Å². The zero-order chi connectivity index (χ0) is 39.1. The summed E-state index contributed by atoms with van der Waals surface area (Å²) in [5.74, 6) is 1.83. The van der Waals surface area contributed by atoms with Gasteiger partial charge in [-0.15, -0.1) is 0 Å². The van der Waals surface area contributed by atoms with Gasteiger partial charge >= 0.3 is 0 Å². The minimum Gasteiger partial charge on any atom is -0.454 e. The summed E-state index contributed by atoms with van der Waals surface area (Å²) in [6.07, 6.45) is 0. The van der Waals surface area contributed by atoms with Crippen LogP contribution in [0.2, 0.25) is 0 Å². The molecule has 5 nitrogen and oxygen atoms in total. The predicted molar refractivity (Wildman–Crippen MR) is 240 cm³/mol. The van der Waals surface area contributed by atoms with Crippen LogP contribution in [-0.4, -0.2) is 19.9 Å². The molecule has 11 aromatic rings. The SMILES string of the molecule is c1ccc(-c2ccc(-c3nc(-c4ccc(-c5ccccc5)cc4)nc(-c4cccc(-c5ccc6c(c5)nc(-c5ccccc5)c5oc7ccccc7c56)c4)n3)cc2)cc1. The summed E-state index contributed by atoms with van der Waals surface area (Å²) in [5, 5.41) is 3.20. The van der Waals surface area contributed by atoms with Crippen LogP contribution in [0.3, 0.4) is 0 Å². The molecule has 0 N–H and O–H groups in total. The number of nitrogens with zero attached hydrogens (tertiary/aromatic N) is 4. The third-order valence-electron chi connectivity index (χ3n) is 10.9. The van der Waals surface area contributed by atoms with E-state index in [1.54, 1.807) is 0 Å². The zero-order valence-corrected chi connectivity index (χ0v) is 31.8. The molecule has 3 heterocycles. The maximum Gasteiger partial charge on any atom is 0.164 e. The molecule has 11 rings (SSSR count). The lowest BCUT2D eigenvalue weighted by Gasteiger charge is -2.11.